The van der Waals surface area contributed by atoms with Gasteiger partial charge in [-0.3, -0.25) is 14.6 Å². The Morgan fingerprint density at radius 3 is 1.71 bits per heavy atom. The van der Waals surface area contributed by atoms with Crippen LogP contribution in [0.4, 0.5) is 57.1 Å². The second-order valence-corrected chi connectivity index (χ2v) is 9.23. The quantitative estimate of drug-likeness (QED) is 0.0374. The zero-order valence-electron chi connectivity index (χ0n) is 21.8. The average Bonchev–Trinajstić information content (AvgIpc) is 2.84. The Morgan fingerprint density at radius 1 is 0.714 bits per heavy atom. The Morgan fingerprint density at radius 2 is 1.21 bits per heavy atom. The van der Waals surface area contributed by atoms with Gasteiger partial charge in [0.05, 0.1) is 26.1 Å². The number of esters is 2. The molecule has 0 radical (unpaired) electrons. The zero-order valence-corrected chi connectivity index (χ0v) is 22.6. The van der Waals surface area contributed by atoms with Gasteiger partial charge in [-0.05, 0) is 6.42 Å². The van der Waals surface area contributed by atoms with Gasteiger partial charge >= 0.3 is 66.6 Å². The summed E-state index contributed by atoms with van der Waals surface area (Å²) >= 11 is -0.268. The molecule has 0 bridgehead atoms. The van der Waals surface area contributed by atoms with Crippen LogP contribution in [0.15, 0.2) is 0 Å². The standard InChI is InChI=1S/C20H25F13O7S.Li/c1-2-3-4-5-6-7-9-37-13(34)11-12(41-40-39-36)14(35)38-10-8-15(21,22)16(23,24)17(25,26)18(27,28)19(29,30)20(31,32)33;/h12,36H,2-11H2,1H3;/q;+1/p-1. The first kappa shape index (κ1) is 43.0. The van der Waals surface area contributed by atoms with Gasteiger partial charge in [0.2, 0.25) is 0 Å². The maximum atomic E-state index is 13.8. The van der Waals surface area contributed by atoms with Gasteiger partial charge in [-0.25, -0.2) is 0 Å². The Hall–Kier alpha value is -1.14. The second kappa shape index (κ2) is 17.4. The monoisotopic (exact) mass is 662 g/mol. The smallest absolute Gasteiger partial charge is 0.691 e. The molecule has 0 aliphatic carbocycles. The summed E-state index contributed by atoms with van der Waals surface area (Å²) in [6.45, 7) is -0.194. The molecule has 0 aliphatic rings. The topological polar surface area (TPSA) is 94.1 Å². The van der Waals surface area contributed by atoms with Crippen LogP contribution < -0.4 is 24.1 Å². The van der Waals surface area contributed by atoms with Crippen molar-refractivity contribution >= 4 is 24.0 Å². The van der Waals surface area contributed by atoms with Crippen LogP contribution in [0.2, 0.25) is 0 Å². The molecule has 0 saturated carbocycles. The number of rotatable bonds is 20. The third kappa shape index (κ3) is 10.8. The van der Waals surface area contributed by atoms with Gasteiger partial charge in [-0.1, -0.05) is 39.0 Å². The molecule has 0 aromatic rings. The average molecular weight is 662 g/mol. The summed E-state index contributed by atoms with van der Waals surface area (Å²) in [6.07, 6.45) is -6.58. The summed E-state index contributed by atoms with van der Waals surface area (Å²) in [5.74, 6) is -40.9. The molecular formula is C20H24F13LiO7S. The van der Waals surface area contributed by atoms with Crippen molar-refractivity contribution in [1.29, 1.82) is 0 Å². The molecule has 244 valence electrons. The number of carbonyl (C=O) groups is 2. The summed E-state index contributed by atoms with van der Waals surface area (Å²) in [7, 11) is 0. The molecule has 1 atom stereocenters. The molecule has 7 nitrogen and oxygen atoms in total. The van der Waals surface area contributed by atoms with E-state index in [-0.39, 0.29) is 37.5 Å². The van der Waals surface area contributed by atoms with Crippen LogP contribution in [0, 0.1) is 0 Å². The molecule has 0 N–H and O–H groups in total. The number of carbonyl (C=O) groups excluding carboxylic acids is 2. The van der Waals surface area contributed by atoms with Gasteiger partial charge in [0, 0.05) is 12.0 Å². The van der Waals surface area contributed by atoms with E-state index in [4.69, 9.17) is 4.74 Å². The maximum Gasteiger partial charge on any atom is 1.00 e. The Kier molecular flexibility index (Phi) is 17.8. The van der Waals surface area contributed by atoms with E-state index in [1.165, 1.54) is 0 Å². The predicted molar refractivity (Wildman–Crippen MR) is 109 cm³/mol. The van der Waals surface area contributed by atoms with Crippen molar-refractivity contribution in [3.63, 3.8) is 0 Å². The normalized spacial score (nSPS) is 14.3. The van der Waals surface area contributed by atoms with E-state index in [1.54, 1.807) is 0 Å². The Labute approximate surface area is 246 Å². The van der Waals surface area contributed by atoms with E-state index in [0.717, 1.165) is 25.7 Å². The summed E-state index contributed by atoms with van der Waals surface area (Å²) in [5.41, 5.74) is 0. The Balaban J connectivity index is 0. The van der Waals surface area contributed by atoms with E-state index in [9.17, 15) is 71.9 Å². The summed E-state index contributed by atoms with van der Waals surface area (Å²) < 4.78 is 183. The molecule has 0 fully saturated rings. The number of hydrogen-bond donors (Lipinski definition) is 0. The van der Waals surface area contributed by atoms with Gasteiger partial charge in [0.25, 0.3) is 0 Å². The molecule has 1 unspecified atom stereocenters. The van der Waals surface area contributed by atoms with Crippen molar-refractivity contribution in [2.45, 2.75) is 99.3 Å². The number of alkyl halides is 13. The Bertz CT molecular complexity index is 833. The van der Waals surface area contributed by atoms with E-state index in [0.29, 0.717) is 12.8 Å². The number of unbranched alkanes of at least 4 members (excludes halogenated alkanes) is 5. The van der Waals surface area contributed by atoms with Crippen molar-refractivity contribution in [3.05, 3.63) is 0 Å². The van der Waals surface area contributed by atoms with Gasteiger partial charge in [0.1, 0.15) is 5.25 Å². The van der Waals surface area contributed by atoms with Crippen LogP contribution in [0.25, 0.3) is 0 Å². The fraction of sp³-hybridized carbons (Fsp3) is 0.900. The van der Waals surface area contributed by atoms with Crippen molar-refractivity contribution in [3.8, 4) is 0 Å². The van der Waals surface area contributed by atoms with Crippen LogP contribution in [-0.2, 0) is 28.4 Å². The first-order chi connectivity index (χ1) is 18.5. The van der Waals surface area contributed by atoms with Crippen molar-refractivity contribution < 1.29 is 110 Å². The molecule has 0 heterocycles. The van der Waals surface area contributed by atoms with Crippen molar-refractivity contribution in [2.75, 3.05) is 13.2 Å². The summed E-state index contributed by atoms with van der Waals surface area (Å²) in [5, 5.41) is 10.9. The van der Waals surface area contributed by atoms with E-state index in [1.807, 2.05) is 6.92 Å². The third-order valence-electron chi connectivity index (χ3n) is 5.22. The fourth-order valence-electron chi connectivity index (χ4n) is 2.83. The summed E-state index contributed by atoms with van der Waals surface area (Å²) in [4.78, 5) is 23.8. The molecule has 0 saturated heterocycles. The number of ether oxygens (including phenoxy) is 2. The molecule has 42 heavy (non-hydrogen) atoms. The molecule has 0 aromatic carbocycles. The van der Waals surface area contributed by atoms with E-state index in [2.05, 4.69) is 14.1 Å². The molecule has 0 aromatic heterocycles. The first-order valence-electron chi connectivity index (χ1n) is 11.4. The van der Waals surface area contributed by atoms with Gasteiger partial charge in [-0.2, -0.15) is 61.4 Å². The second-order valence-electron chi connectivity index (χ2n) is 8.33. The van der Waals surface area contributed by atoms with E-state index >= 15 is 0 Å². The van der Waals surface area contributed by atoms with Crippen LogP contribution >= 0.6 is 12.0 Å². The minimum absolute atomic E-state index is 0. The predicted octanol–water partition coefficient (Wildman–Crippen LogP) is 3.20. The number of halogens is 13. The first-order valence-corrected chi connectivity index (χ1v) is 12.3. The largest absolute Gasteiger partial charge is 1.00 e. The van der Waals surface area contributed by atoms with Crippen LogP contribution in [0.3, 0.4) is 0 Å². The molecule has 22 heteroatoms. The number of hydrogen-bond acceptors (Lipinski definition) is 8. The fourth-order valence-corrected chi connectivity index (χ4v) is 3.31. The molecule has 0 aliphatic heterocycles. The molecule has 0 amide bonds. The van der Waals surface area contributed by atoms with Crippen LogP contribution in [-0.4, -0.2) is 66.2 Å². The maximum absolute atomic E-state index is 13.8. The van der Waals surface area contributed by atoms with Crippen LogP contribution in [0.1, 0.15) is 58.3 Å². The zero-order chi connectivity index (χ0) is 32.3. The van der Waals surface area contributed by atoms with E-state index < -0.39 is 72.4 Å². The van der Waals surface area contributed by atoms with Gasteiger partial charge in [0.15, 0.2) is 0 Å². The third-order valence-corrected chi connectivity index (χ3v) is 5.94. The minimum atomic E-state index is -8.06. The van der Waals surface area contributed by atoms with Gasteiger partial charge in [-0.15, -0.1) is 0 Å². The summed E-state index contributed by atoms with van der Waals surface area (Å²) in [6, 6.07) is 0. The molecule has 0 spiro atoms. The van der Waals surface area contributed by atoms with Gasteiger partial charge < -0.3 is 14.7 Å². The molecular weight excluding hydrogens is 638 g/mol. The van der Waals surface area contributed by atoms with Crippen LogP contribution in [0.5, 0.6) is 0 Å². The minimum Gasteiger partial charge on any atom is -0.691 e. The van der Waals surface area contributed by atoms with Crippen molar-refractivity contribution in [2.24, 2.45) is 0 Å². The molecule has 0 rings (SSSR count). The van der Waals surface area contributed by atoms with Crippen molar-refractivity contribution in [1.82, 2.24) is 0 Å². The SMILES string of the molecule is CCCCCCCCOC(=O)CC(SOO[O-])C(=O)OCCC(F)(F)C(F)(F)C(F)(F)C(F)(F)C(F)(F)C(F)(F)F.[Li+].